The van der Waals surface area contributed by atoms with Crippen molar-refractivity contribution in [1.82, 2.24) is 4.72 Å². The van der Waals surface area contributed by atoms with Crippen LogP contribution < -0.4 is 4.72 Å². The first-order valence-corrected chi connectivity index (χ1v) is 5.68. The summed E-state index contributed by atoms with van der Waals surface area (Å²) >= 11 is 0. The van der Waals surface area contributed by atoms with Crippen LogP contribution in [0.2, 0.25) is 0 Å². The molecule has 0 unspecified atom stereocenters. The highest BCUT2D eigenvalue weighted by molar-refractivity contribution is 7.89. The summed E-state index contributed by atoms with van der Waals surface area (Å²) in [5, 5.41) is 0. The Labute approximate surface area is 74.6 Å². The van der Waals surface area contributed by atoms with Crippen LogP contribution in [0.25, 0.3) is 0 Å². The molecule has 0 aliphatic heterocycles. The van der Waals surface area contributed by atoms with E-state index >= 15 is 0 Å². The minimum Gasteiger partial charge on any atom is -0.214 e. The van der Waals surface area contributed by atoms with Crippen molar-refractivity contribution in [2.75, 3.05) is 12.3 Å². The van der Waals surface area contributed by atoms with Gasteiger partial charge in [-0.2, -0.15) is 0 Å². The lowest BCUT2D eigenvalue weighted by Crippen LogP contribution is -2.27. The van der Waals surface area contributed by atoms with Gasteiger partial charge in [-0.15, -0.1) is 12.3 Å². The maximum Gasteiger partial charge on any atom is 0.211 e. The lowest BCUT2D eigenvalue weighted by molar-refractivity contribution is 0.579. The summed E-state index contributed by atoms with van der Waals surface area (Å²) < 4.78 is 24.6. The fourth-order valence-electron chi connectivity index (χ4n) is 0.685. The first-order chi connectivity index (χ1) is 5.62. The van der Waals surface area contributed by atoms with E-state index in [1.54, 1.807) is 0 Å². The fourth-order valence-corrected chi connectivity index (χ4v) is 1.91. The molecule has 0 aromatic heterocycles. The normalized spacial score (nSPS) is 11.0. The third-order valence-electron chi connectivity index (χ3n) is 1.36. The Balaban J connectivity index is 3.67. The summed E-state index contributed by atoms with van der Waals surface area (Å²) in [5.41, 5.74) is 0. The van der Waals surface area contributed by atoms with E-state index in [0.29, 0.717) is 19.4 Å². The Bertz CT molecular complexity index is 238. The van der Waals surface area contributed by atoms with Gasteiger partial charge in [0, 0.05) is 13.0 Å². The van der Waals surface area contributed by atoms with E-state index in [9.17, 15) is 8.42 Å². The zero-order valence-electron chi connectivity index (χ0n) is 7.34. The molecule has 0 radical (unpaired) electrons. The summed E-state index contributed by atoms with van der Waals surface area (Å²) in [6.07, 6.45) is 7.01. The van der Waals surface area contributed by atoms with Gasteiger partial charge in [-0.05, 0) is 6.42 Å². The lowest BCUT2D eigenvalue weighted by Gasteiger charge is -2.02. The van der Waals surface area contributed by atoms with Crippen LogP contribution in [0.3, 0.4) is 0 Å². The van der Waals surface area contributed by atoms with Crippen LogP contribution in [0.5, 0.6) is 0 Å². The number of rotatable bonds is 6. The smallest absolute Gasteiger partial charge is 0.211 e. The second-order valence-electron chi connectivity index (χ2n) is 2.52. The maximum absolute atomic E-state index is 11.1. The van der Waals surface area contributed by atoms with Crippen molar-refractivity contribution in [2.24, 2.45) is 0 Å². The molecule has 0 aromatic carbocycles. The third-order valence-corrected chi connectivity index (χ3v) is 2.83. The van der Waals surface area contributed by atoms with Gasteiger partial charge in [0.1, 0.15) is 0 Å². The summed E-state index contributed by atoms with van der Waals surface area (Å²) in [7, 11) is -3.06. The molecule has 0 atom stereocenters. The van der Waals surface area contributed by atoms with Gasteiger partial charge in [-0.3, -0.25) is 0 Å². The molecule has 3 nitrogen and oxygen atoms in total. The van der Waals surface area contributed by atoms with Gasteiger partial charge in [0.2, 0.25) is 10.0 Å². The van der Waals surface area contributed by atoms with Gasteiger partial charge in [0.15, 0.2) is 0 Å². The van der Waals surface area contributed by atoms with Gasteiger partial charge < -0.3 is 0 Å². The van der Waals surface area contributed by atoms with Crippen molar-refractivity contribution >= 4 is 10.0 Å². The molecule has 0 saturated heterocycles. The first kappa shape index (κ1) is 11.5. The molecule has 0 aliphatic rings. The van der Waals surface area contributed by atoms with Crippen LogP contribution in [-0.4, -0.2) is 20.7 Å². The van der Waals surface area contributed by atoms with Gasteiger partial charge in [-0.1, -0.05) is 13.3 Å². The third kappa shape index (κ3) is 6.20. The molecule has 0 spiro atoms. The minimum atomic E-state index is -3.06. The molecular weight excluding hydrogens is 174 g/mol. The second kappa shape index (κ2) is 6.04. The van der Waals surface area contributed by atoms with E-state index in [0.717, 1.165) is 6.42 Å². The topological polar surface area (TPSA) is 46.2 Å². The maximum atomic E-state index is 11.1. The van der Waals surface area contributed by atoms with Gasteiger partial charge in [0.05, 0.1) is 5.75 Å². The zero-order chi connectivity index (χ0) is 9.45. The molecule has 0 fully saturated rings. The second-order valence-corrected chi connectivity index (χ2v) is 4.45. The van der Waals surface area contributed by atoms with Crippen molar-refractivity contribution < 1.29 is 8.42 Å². The Morgan fingerprint density at radius 2 is 2.17 bits per heavy atom. The number of hydrogen-bond donors (Lipinski definition) is 1. The number of nitrogens with one attached hydrogen (secondary N) is 1. The average Bonchev–Trinajstić information content (AvgIpc) is 2.01. The first-order valence-electron chi connectivity index (χ1n) is 4.03. The van der Waals surface area contributed by atoms with E-state index in [2.05, 4.69) is 10.6 Å². The molecule has 0 saturated carbocycles. The zero-order valence-corrected chi connectivity index (χ0v) is 8.15. The highest BCUT2D eigenvalue weighted by atomic mass is 32.2. The minimum absolute atomic E-state index is 0.202. The monoisotopic (exact) mass is 189 g/mol. The highest BCUT2D eigenvalue weighted by Gasteiger charge is 2.06. The van der Waals surface area contributed by atoms with Crippen LogP contribution in [0.4, 0.5) is 0 Å². The molecule has 0 heterocycles. The van der Waals surface area contributed by atoms with E-state index in [-0.39, 0.29) is 5.75 Å². The quantitative estimate of drug-likeness (QED) is 0.494. The summed E-state index contributed by atoms with van der Waals surface area (Å²) in [6, 6.07) is 0. The number of hydrogen-bond acceptors (Lipinski definition) is 2. The number of sulfonamides is 1. The van der Waals surface area contributed by atoms with Crippen LogP contribution in [-0.2, 0) is 10.0 Å². The summed E-state index contributed by atoms with van der Waals surface area (Å²) in [5.74, 6) is 2.57. The molecule has 0 amide bonds. The van der Waals surface area contributed by atoms with Gasteiger partial charge >= 0.3 is 0 Å². The van der Waals surface area contributed by atoms with E-state index in [4.69, 9.17) is 6.42 Å². The standard InChI is InChI=1S/C8H15NO2S/c1-3-5-7-9-12(10,11)8-6-4-2/h1,9H,4-8H2,2H3. The molecule has 0 aromatic rings. The number of unbranched alkanes of at least 4 members (excludes halogenated alkanes) is 1. The summed E-state index contributed by atoms with van der Waals surface area (Å²) in [4.78, 5) is 0. The molecule has 70 valence electrons. The van der Waals surface area contributed by atoms with Gasteiger partial charge in [0.25, 0.3) is 0 Å². The molecule has 0 rings (SSSR count). The molecular formula is C8H15NO2S. The predicted octanol–water partition coefficient (Wildman–Crippen LogP) is 0.729. The van der Waals surface area contributed by atoms with Crippen LogP contribution in [0.15, 0.2) is 0 Å². The Morgan fingerprint density at radius 3 is 2.67 bits per heavy atom. The molecule has 12 heavy (non-hydrogen) atoms. The van der Waals surface area contributed by atoms with Crippen LogP contribution in [0, 0.1) is 12.3 Å². The van der Waals surface area contributed by atoms with Crippen LogP contribution >= 0.6 is 0 Å². The summed E-state index contributed by atoms with van der Waals surface area (Å²) in [6.45, 7) is 2.31. The molecule has 0 aliphatic carbocycles. The Hall–Kier alpha value is -0.530. The molecule has 0 bridgehead atoms. The van der Waals surface area contributed by atoms with E-state index in [1.165, 1.54) is 0 Å². The highest BCUT2D eigenvalue weighted by Crippen LogP contribution is 1.92. The Morgan fingerprint density at radius 1 is 1.50 bits per heavy atom. The Kier molecular flexibility index (Phi) is 5.77. The molecule has 1 N–H and O–H groups in total. The van der Waals surface area contributed by atoms with Gasteiger partial charge in [-0.25, -0.2) is 13.1 Å². The largest absolute Gasteiger partial charge is 0.214 e. The van der Waals surface area contributed by atoms with Crippen molar-refractivity contribution in [3.63, 3.8) is 0 Å². The van der Waals surface area contributed by atoms with Crippen molar-refractivity contribution in [3.8, 4) is 12.3 Å². The average molecular weight is 189 g/mol. The lowest BCUT2D eigenvalue weighted by atomic mass is 10.4. The van der Waals surface area contributed by atoms with Crippen molar-refractivity contribution in [3.05, 3.63) is 0 Å². The van der Waals surface area contributed by atoms with Crippen molar-refractivity contribution in [2.45, 2.75) is 26.2 Å². The fraction of sp³-hybridized carbons (Fsp3) is 0.750. The number of terminal acetylenes is 1. The van der Waals surface area contributed by atoms with E-state index in [1.807, 2.05) is 6.92 Å². The van der Waals surface area contributed by atoms with Crippen molar-refractivity contribution in [1.29, 1.82) is 0 Å². The predicted molar refractivity (Wildman–Crippen MR) is 50.1 cm³/mol. The van der Waals surface area contributed by atoms with Crippen LogP contribution in [0.1, 0.15) is 26.2 Å². The molecule has 4 heteroatoms. The SMILES string of the molecule is C#CCCNS(=O)(=O)CCCC. The van der Waals surface area contributed by atoms with E-state index < -0.39 is 10.0 Å².